The number of benzene rings is 1. The predicted molar refractivity (Wildman–Crippen MR) is 107 cm³/mol. The van der Waals surface area contributed by atoms with Gasteiger partial charge in [-0.25, -0.2) is 9.59 Å². The monoisotopic (exact) mass is 368 g/mol. The number of carbonyl (C=O) groups is 1. The molecule has 1 saturated carbocycles. The Hall–Kier alpha value is -2.50. The Labute approximate surface area is 159 Å². The van der Waals surface area contributed by atoms with E-state index in [9.17, 15) is 9.59 Å². The van der Waals surface area contributed by atoms with Gasteiger partial charge in [-0.05, 0) is 68.6 Å². The van der Waals surface area contributed by atoms with Crippen molar-refractivity contribution in [2.45, 2.75) is 51.5 Å². The highest BCUT2D eigenvalue weighted by molar-refractivity contribution is 5.76. The van der Waals surface area contributed by atoms with Gasteiger partial charge < -0.3 is 20.2 Å². The van der Waals surface area contributed by atoms with Crippen LogP contribution >= 0.6 is 0 Å². The van der Waals surface area contributed by atoms with Crippen LogP contribution in [0.2, 0.25) is 0 Å². The first-order chi connectivity index (χ1) is 13.2. The smallest absolute Gasteiger partial charge is 0.323 e. The van der Waals surface area contributed by atoms with E-state index in [1.807, 2.05) is 23.1 Å². The van der Waals surface area contributed by atoms with E-state index in [0.29, 0.717) is 12.5 Å². The molecule has 0 saturated heterocycles. The maximum Gasteiger partial charge on any atom is 0.323 e. The number of urea groups is 1. The number of hydrogen-bond donors (Lipinski definition) is 3. The molecule has 0 radical (unpaired) electrons. The molecule has 3 N–H and O–H groups in total. The van der Waals surface area contributed by atoms with Crippen molar-refractivity contribution in [1.82, 2.24) is 20.2 Å². The number of allylic oxidation sites excluding steroid dienone is 1. The van der Waals surface area contributed by atoms with Crippen LogP contribution in [0.15, 0.2) is 34.6 Å². The molecule has 4 rings (SSSR count). The molecule has 0 spiro atoms. The Bertz CT molecular complexity index is 891. The highest BCUT2D eigenvalue weighted by atomic mass is 16.2. The number of imidazole rings is 1. The molecule has 2 aliphatic rings. The fourth-order valence-corrected chi connectivity index (χ4v) is 3.78. The lowest BCUT2D eigenvalue weighted by Gasteiger charge is -2.24. The van der Waals surface area contributed by atoms with Crippen LogP contribution in [-0.4, -0.2) is 34.0 Å². The molecule has 27 heavy (non-hydrogen) atoms. The van der Waals surface area contributed by atoms with E-state index >= 15 is 0 Å². The van der Waals surface area contributed by atoms with Crippen molar-refractivity contribution >= 4 is 17.1 Å². The maximum absolute atomic E-state index is 12.8. The molecule has 6 nitrogen and oxygen atoms in total. The van der Waals surface area contributed by atoms with E-state index in [0.717, 1.165) is 36.1 Å². The fourth-order valence-electron chi connectivity index (χ4n) is 3.78. The van der Waals surface area contributed by atoms with Gasteiger partial charge in [0.15, 0.2) is 0 Å². The summed E-state index contributed by atoms with van der Waals surface area (Å²) in [6.07, 6.45) is 10.8. The van der Waals surface area contributed by atoms with Gasteiger partial charge in [0.2, 0.25) is 0 Å². The summed E-state index contributed by atoms with van der Waals surface area (Å²) < 4.78 is 0. The SMILES string of the molecule is O=C(NCc1ccc2[nH]c(=O)[nH]c2c1)N(CCC1=CCCCC1)CC1CC1. The first-order valence-corrected chi connectivity index (χ1v) is 10.1. The third-order valence-electron chi connectivity index (χ3n) is 5.57. The molecule has 1 heterocycles. The molecule has 2 amide bonds. The molecule has 1 aromatic heterocycles. The van der Waals surface area contributed by atoms with E-state index < -0.39 is 0 Å². The van der Waals surface area contributed by atoms with Crippen molar-refractivity contribution in [1.29, 1.82) is 0 Å². The lowest BCUT2D eigenvalue weighted by atomic mass is 9.97. The molecule has 144 valence electrons. The van der Waals surface area contributed by atoms with Crippen molar-refractivity contribution in [3.63, 3.8) is 0 Å². The van der Waals surface area contributed by atoms with Crippen LogP contribution in [-0.2, 0) is 6.54 Å². The Balaban J connectivity index is 1.34. The summed E-state index contributed by atoms with van der Waals surface area (Å²) in [6.45, 7) is 2.13. The van der Waals surface area contributed by atoms with Gasteiger partial charge >= 0.3 is 11.7 Å². The summed E-state index contributed by atoms with van der Waals surface area (Å²) in [5, 5.41) is 3.06. The van der Waals surface area contributed by atoms with Crippen LogP contribution in [0, 0.1) is 5.92 Å². The number of amides is 2. The summed E-state index contributed by atoms with van der Waals surface area (Å²) in [5.74, 6) is 0.678. The van der Waals surface area contributed by atoms with Crippen LogP contribution < -0.4 is 11.0 Å². The minimum atomic E-state index is -0.209. The van der Waals surface area contributed by atoms with Crippen LogP contribution in [0.3, 0.4) is 0 Å². The molecule has 6 heteroatoms. The Morgan fingerprint density at radius 2 is 2.04 bits per heavy atom. The minimum Gasteiger partial charge on any atom is -0.334 e. The average Bonchev–Trinajstić information content (AvgIpc) is 3.42. The maximum atomic E-state index is 12.8. The zero-order valence-corrected chi connectivity index (χ0v) is 15.7. The van der Waals surface area contributed by atoms with Crippen LogP contribution in [0.1, 0.15) is 50.5 Å². The van der Waals surface area contributed by atoms with Crippen LogP contribution in [0.25, 0.3) is 11.0 Å². The lowest BCUT2D eigenvalue weighted by Crippen LogP contribution is -2.41. The molecule has 0 atom stereocenters. The van der Waals surface area contributed by atoms with E-state index in [4.69, 9.17) is 0 Å². The number of fused-ring (bicyclic) bond motifs is 1. The fraction of sp³-hybridized carbons (Fsp3) is 0.524. The molecule has 2 aliphatic carbocycles. The van der Waals surface area contributed by atoms with Gasteiger partial charge in [0.25, 0.3) is 0 Å². The molecule has 0 bridgehead atoms. The second-order valence-electron chi connectivity index (χ2n) is 7.87. The van der Waals surface area contributed by atoms with Crippen molar-refractivity contribution in [2.75, 3.05) is 13.1 Å². The van der Waals surface area contributed by atoms with Crippen molar-refractivity contribution < 1.29 is 4.79 Å². The molecule has 0 aliphatic heterocycles. The highest BCUT2D eigenvalue weighted by Gasteiger charge is 2.26. The van der Waals surface area contributed by atoms with Gasteiger partial charge in [-0.3, -0.25) is 0 Å². The Kier molecular flexibility index (Phi) is 5.32. The number of hydrogen-bond acceptors (Lipinski definition) is 2. The largest absolute Gasteiger partial charge is 0.334 e. The highest BCUT2D eigenvalue weighted by Crippen LogP contribution is 2.30. The minimum absolute atomic E-state index is 0.0148. The standard InChI is InChI=1S/C21H28N4O2/c26-20-23-18-9-8-17(12-19(18)24-20)13-22-21(27)25(14-16-6-7-16)11-10-15-4-2-1-3-5-15/h4,8-9,12,16H,1-3,5-7,10-11,13-14H2,(H,22,27)(H2,23,24,26). The summed E-state index contributed by atoms with van der Waals surface area (Å²) in [6, 6.07) is 5.73. The Morgan fingerprint density at radius 1 is 1.19 bits per heavy atom. The summed E-state index contributed by atoms with van der Waals surface area (Å²) in [5.41, 5.74) is 3.83. The zero-order chi connectivity index (χ0) is 18.6. The lowest BCUT2D eigenvalue weighted by molar-refractivity contribution is 0.195. The van der Waals surface area contributed by atoms with Gasteiger partial charge in [-0.2, -0.15) is 0 Å². The molecular formula is C21H28N4O2. The summed E-state index contributed by atoms with van der Waals surface area (Å²) in [7, 11) is 0. The van der Waals surface area contributed by atoms with E-state index in [1.54, 1.807) is 0 Å². The molecular weight excluding hydrogens is 340 g/mol. The number of aromatic amines is 2. The van der Waals surface area contributed by atoms with Crippen molar-refractivity contribution in [2.24, 2.45) is 5.92 Å². The van der Waals surface area contributed by atoms with Gasteiger partial charge in [0.05, 0.1) is 11.0 Å². The van der Waals surface area contributed by atoms with Gasteiger partial charge in [-0.1, -0.05) is 17.7 Å². The first-order valence-electron chi connectivity index (χ1n) is 10.1. The number of rotatable bonds is 7. The zero-order valence-electron chi connectivity index (χ0n) is 15.7. The van der Waals surface area contributed by atoms with E-state index in [1.165, 1.54) is 44.1 Å². The predicted octanol–water partition coefficient (Wildman–Crippen LogP) is 3.67. The van der Waals surface area contributed by atoms with Crippen LogP contribution in [0.5, 0.6) is 0 Å². The Morgan fingerprint density at radius 3 is 2.81 bits per heavy atom. The quantitative estimate of drug-likeness (QED) is 0.652. The summed E-state index contributed by atoms with van der Waals surface area (Å²) in [4.78, 5) is 31.6. The number of carbonyl (C=O) groups excluding carboxylic acids is 1. The third kappa shape index (κ3) is 4.81. The number of aromatic nitrogens is 2. The molecule has 2 aromatic rings. The second-order valence-corrected chi connectivity index (χ2v) is 7.87. The normalized spacial score (nSPS) is 17.0. The van der Waals surface area contributed by atoms with Gasteiger partial charge in [-0.15, -0.1) is 0 Å². The summed E-state index contributed by atoms with van der Waals surface area (Å²) >= 11 is 0. The van der Waals surface area contributed by atoms with E-state index in [-0.39, 0.29) is 11.7 Å². The average molecular weight is 368 g/mol. The van der Waals surface area contributed by atoms with Crippen molar-refractivity contribution in [3.05, 3.63) is 45.9 Å². The van der Waals surface area contributed by atoms with Crippen LogP contribution in [0.4, 0.5) is 4.79 Å². The number of nitrogens with one attached hydrogen (secondary N) is 3. The topological polar surface area (TPSA) is 81.0 Å². The van der Waals surface area contributed by atoms with Gasteiger partial charge in [0.1, 0.15) is 0 Å². The van der Waals surface area contributed by atoms with Crippen molar-refractivity contribution in [3.8, 4) is 0 Å². The second kappa shape index (κ2) is 8.03. The number of H-pyrrole nitrogens is 2. The third-order valence-corrected chi connectivity index (χ3v) is 5.57. The first kappa shape index (κ1) is 17.9. The molecule has 0 unspecified atom stereocenters. The molecule has 1 fully saturated rings. The van der Waals surface area contributed by atoms with E-state index in [2.05, 4.69) is 21.4 Å². The number of nitrogens with zero attached hydrogens (tertiary/aromatic N) is 1. The van der Waals surface area contributed by atoms with Gasteiger partial charge in [0, 0.05) is 19.6 Å². The molecule has 1 aromatic carbocycles.